The molecule has 3 rings (SSSR count). The first-order valence-corrected chi connectivity index (χ1v) is 9.26. The van der Waals surface area contributed by atoms with Crippen molar-refractivity contribution in [2.24, 2.45) is 0 Å². The molecule has 1 heterocycles. The van der Waals surface area contributed by atoms with Crippen LogP contribution in [0.4, 0.5) is 16.0 Å². The summed E-state index contributed by atoms with van der Waals surface area (Å²) in [5, 5.41) is 10.7. The molecule has 0 saturated carbocycles. The van der Waals surface area contributed by atoms with Crippen molar-refractivity contribution in [1.29, 1.82) is 0 Å². The number of hydrogen-bond acceptors (Lipinski definition) is 3. The molecule has 0 aliphatic carbocycles. The zero-order valence-corrected chi connectivity index (χ0v) is 16.1. The van der Waals surface area contributed by atoms with Gasteiger partial charge < -0.3 is 5.32 Å². The maximum Gasteiger partial charge on any atom is 0.248 e. The molecule has 3 aromatic rings. The maximum atomic E-state index is 13.7. The van der Waals surface area contributed by atoms with Crippen LogP contribution < -0.4 is 10.6 Å². The number of nitrogens with one attached hydrogen (secondary N) is 2. The summed E-state index contributed by atoms with van der Waals surface area (Å²) in [7, 11) is 0. The number of anilines is 2. The van der Waals surface area contributed by atoms with Crippen LogP contribution in [0.15, 0.2) is 54.9 Å². The molecule has 140 valence electrons. The lowest BCUT2D eigenvalue weighted by Gasteiger charge is -2.11. The average molecular weight is 383 g/mol. The molecule has 27 heavy (non-hydrogen) atoms. The van der Waals surface area contributed by atoms with E-state index >= 15 is 0 Å². The predicted octanol–water partition coefficient (Wildman–Crippen LogP) is 4.79. The largest absolute Gasteiger partial charge is 0.332 e. The van der Waals surface area contributed by atoms with Gasteiger partial charge in [0.2, 0.25) is 5.95 Å². The van der Waals surface area contributed by atoms with Crippen LogP contribution in [0.2, 0.25) is 0 Å². The Bertz CT molecular complexity index is 907. The van der Waals surface area contributed by atoms with Gasteiger partial charge in [-0.3, -0.25) is 5.32 Å². The molecule has 0 bridgehead atoms. The Morgan fingerprint density at radius 1 is 1.15 bits per heavy atom. The lowest BCUT2D eigenvalue weighted by molar-refractivity contribution is 0.585. The molecule has 0 aliphatic heterocycles. The summed E-state index contributed by atoms with van der Waals surface area (Å²) in [6.07, 6.45) is 2.65. The summed E-state index contributed by atoms with van der Waals surface area (Å²) in [5.74, 6) is 0.632. The second-order valence-corrected chi connectivity index (χ2v) is 6.78. The number of hydrogen-bond donors (Lipinski definition) is 2. The van der Waals surface area contributed by atoms with Gasteiger partial charge in [-0.1, -0.05) is 44.2 Å². The molecule has 0 saturated heterocycles. The fourth-order valence-electron chi connectivity index (χ4n) is 2.62. The fourth-order valence-corrected chi connectivity index (χ4v) is 2.83. The third-order valence-electron chi connectivity index (χ3n) is 4.40. The second kappa shape index (κ2) is 8.73. The highest BCUT2D eigenvalue weighted by molar-refractivity contribution is 7.80. The van der Waals surface area contributed by atoms with Crippen LogP contribution in [0.1, 0.15) is 37.3 Å². The topological polar surface area (TPSA) is 54.8 Å². The third kappa shape index (κ3) is 5.10. The van der Waals surface area contributed by atoms with E-state index in [2.05, 4.69) is 46.7 Å². The van der Waals surface area contributed by atoms with Gasteiger partial charge >= 0.3 is 0 Å². The van der Waals surface area contributed by atoms with E-state index < -0.39 is 0 Å². The number of halogens is 1. The summed E-state index contributed by atoms with van der Waals surface area (Å²) in [6, 6.07) is 14.8. The summed E-state index contributed by atoms with van der Waals surface area (Å²) in [6.45, 7) is 4.69. The molecule has 0 spiro atoms. The maximum absolute atomic E-state index is 13.7. The van der Waals surface area contributed by atoms with Gasteiger partial charge in [0.15, 0.2) is 5.11 Å². The highest BCUT2D eigenvalue weighted by atomic mass is 32.1. The summed E-state index contributed by atoms with van der Waals surface area (Å²) in [4.78, 5) is 4.16. The van der Waals surface area contributed by atoms with Crippen LogP contribution in [-0.2, 0) is 6.54 Å². The molecule has 1 unspecified atom stereocenters. The summed E-state index contributed by atoms with van der Waals surface area (Å²) < 4.78 is 15.3. The molecule has 0 amide bonds. The fraction of sp³-hybridized carbons (Fsp3) is 0.250. The van der Waals surface area contributed by atoms with E-state index in [1.54, 1.807) is 22.9 Å². The van der Waals surface area contributed by atoms with Gasteiger partial charge in [0.25, 0.3) is 0 Å². The molecular weight excluding hydrogens is 361 g/mol. The number of benzene rings is 2. The Hall–Kier alpha value is -2.80. The predicted molar refractivity (Wildman–Crippen MR) is 111 cm³/mol. The van der Waals surface area contributed by atoms with Crippen molar-refractivity contribution in [1.82, 2.24) is 14.8 Å². The van der Waals surface area contributed by atoms with Crippen LogP contribution in [0.5, 0.6) is 0 Å². The number of thiocarbonyl (C=S) groups is 1. The molecule has 0 aliphatic rings. The smallest absolute Gasteiger partial charge is 0.248 e. The Kier molecular flexibility index (Phi) is 6.13. The second-order valence-electron chi connectivity index (χ2n) is 6.37. The van der Waals surface area contributed by atoms with Crippen LogP contribution in [0, 0.1) is 5.82 Å². The normalized spacial score (nSPS) is 11.8. The molecule has 1 aromatic heterocycles. The van der Waals surface area contributed by atoms with Crippen LogP contribution in [0.25, 0.3) is 0 Å². The highest BCUT2D eigenvalue weighted by Gasteiger charge is 2.07. The third-order valence-corrected chi connectivity index (χ3v) is 4.61. The van der Waals surface area contributed by atoms with Crippen LogP contribution in [0.3, 0.4) is 0 Å². The van der Waals surface area contributed by atoms with E-state index in [1.165, 1.54) is 18.0 Å². The minimum absolute atomic E-state index is 0.263. The molecule has 0 fully saturated rings. The van der Waals surface area contributed by atoms with E-state index in [1.807, 2.05) is 12.1 Å². The van der Waals surface area contributed by atoms with Crippen molar-refractivity contribution >= 4 is 29.0 Å². The van der Waals surface area contributed by atoms with Crippen molar-refractivity contribution in [2.75, 3.05) is 10.6 Å². The molecule has 1 atom stereocenters. The Morgan fingerprint density at radius 3 is 2.59 bits per heavy atom. The zero-order chi connectivity index (χ0) is 19.2. The molecule has 2 aromatic carbocycles. The van der Waals surface area contributed by atoms with E-state index in [0.717, 1.165) is 12.1 Å². The van der Waals surface area contributed by atoms with E-state index in [4.69, 9.17) is 12.2 Å². The molecule has 0 radical (unpaired) electrons. The van der Waals surface area contributed by atoms with Crippen LogP contribution in [-0.4, -0.2) is 19.9 Å². The zero-order valence-electron chi connectivity index (χ0n) is 15.3. The van der Waals surface area contributed by atoms with Crippen molar-refractivity contribution in [2.45, 2.75) is 32.7 Å². The molecule has 7 heteroatoms. The highest BCUT2D eigenvalue weighted by Crippen LogP contribution is 2.20. The number of rotatable bonds is 6. The van der Waals surface area contributed by atoms with Crippen LogP contribution >= 0.6 is 12.2 Å². The summed E-state index contributed by atoms with van der Waals surface area (Å²) >= 11 is 5.31. The first-order chi connectivity index (χ1) is 13.0. The first-order valence-electron chi connectivity index (χ1n) is 8.86. The Labute approximate surface area is 163 Å². The van der Waals surface area contributed by atoms with E-state index in [-0.39, 0.29) is 5.82 Å². The van der Waals surface area contributed by atoms with Crippen molar-refractivity contribution in [3.63, 3.8) is 0 Å². The first kappa shape index (κ1) is 19.0. The average Bonchev–Trinajstić information content (AvgIpc) is 3.10. The molecular formula is C20H22FN5S. The quantitative estimate of drug-likeness (QED) is 0.600. The number of nitrogens with zero attached hydrogens (tertiary/aromatic N) is 3. The van der Waals surface area contributed by atoms with Gasteiger partial charge in [0, 0.05) is 11.3 Å². The Morgan fingerprint density at radius 2 is 1.89 bits per heavy atom. The van der Waals surface area contributed by atoms with Gasteiger partial charge in [-0.25, -0.2) is 14.1 Å². The van der Waals surface area contributed by atoms with Crippen molar-refractivity contribution in [3.05, 3.63) is 71.8 Å². The van der Waals surface area contributed by atoms with Gasteiger partial charge in [0.1, 0.15) is 12.1 Å². The van der Waals surface area contributed by atoms with E-state index in [9.17, 15) is 4.39 Å². The van der Waals surface area contributed by atoms with Gasteiger partial charge in [-0.05, 0) is 48.3 Å². The van der Waals surface area contributed by atoms with Gasteiger partial charge in [0.05, 0.1) is 6.54 Å². The molecule has 2 N–H and O–H groups in total. The van der Waals surface area contributed by atoms with Gasteiger partial charge in [-0.15, -0.1) is 5.10 Å². The lowest BCUT2D eigenvalue weighted by Crippen LogP contribution is -2.20. The minimum atomic E-state index is -0.263. The standard InChI is InChI=1S/C20H22FN5S/c1-3-14(2)15-8-10-17(11-9-15)23-20(27)24-19-22-13-26(25-19)12-16-6-4-5-7-18(16)21/h4-11,13-14H,3,12H2,1-2H3,(H2,23,24,25,27). The molecule has 5 nitrogen and oxygen atoms in total. The van der Waals surface area contributed by atoms with Gasteiger partial charge in [-0.2, -0.15) is 0 Å². The number of aromatic nitrogens is 3. The summed E-state index contributed by atoms with van der Waals surface area (Å²) in [5.41, 5.74) is 2.75. The SMILES string of the molecule is CCC(C)c1ccc(NC(=S)Nc2ncn(Cc3ccccc3F)n2)cc1. The lowest BCUT2D eigenvalue weighted by atomic mass is 9.99. The van der Waals surface area contributed by atoms with Crippen molar-refractivity contribution < 1.29 is 4.39 Å². The minimum Gasteiger partial charge on any atom is -0.332 e. The van der Waals surface area contributed by atoms with E-state index in [0.29, 0.717) is 29.1 Å². The van der Waals surface area contributed by atoms with Crippen molar-refractivity contribution in [3.8, 4) is 0 Å². The Balaban J connectivity index is 1.57. The monoisotopic (exact) mass is 383 g/mol.